The van der Waals surface area contributed by atoms with Crippen molar-refractivity contribution in [1.82, 2.24) is 20.3 Å². The molecule has 1 aliphatic rings. The van der Waals surface area contributed by atoms with Crippen molar-refractivity contribution in [1.29, 1.82) is 0 Å². The van der Waals surface area contributed by atoms with Crippen LogP contribution in [-0.2, 0) is 25.0 Å². The third-order valence-corrected chi connectivity index (χ3v) is 5.14. The van der Waals surface area contributed by atoms with Crippen molar-refractivity contribution in [3.8, 4) is 17.1 Å². The molecule has 0 atom stereocenters. The molecule has 0 aliphatic carbocycles. The second-order valence-corrected chi connectivity index (χ2v) is 7.24. The van der Waals surface area contributed by atoms with Gasteiger partial charge in [-0.15, -0.1) is 5.10 Å². The number of carbonyl (C=O) groups is 1. The largest absolute Gasteiger partial charge is 0.471 e. The fourth-order valence-electron chi connectivity index (χ4n) is 3.42. The number of nitrogens with one attached hydrogen (secondary N) is 1. The van der Waals surface area contributed by atoms with Crippen molar-refractivity contribution in [3.05, 3.63) is 53.2 Å². The van der Waals surface area contributed by atoms with E-state index in [2.05, 4.69) is 15.6 Å². The number of aliphatic hydroxyl groups is 1. The Hall–Kier alpha value is -3.24. The number of ether oxygens (including phenoxy) is 2. The summed E-state index contributed by atoms with van der Waals surface area (Å²) in [5.74, 6) is -0.111. The highest BCUT2D eigenvalue weighted by atomic mass is 19.1. The Morgan fingerprint density at radius 2 is 2.06 bits per heavy atom. The van der Waals surface area contributed by atoms with Crippen LogP contribution in [-0.4, -0.2) is 45.2 Å². The van der Waals surface area contributed by atoms with Crippen LogP contribution in [0.1, 0.15) is 34.7 Å². The molecule has 31 heavy (non-hydrogen) atoms. The number of amides is 1. The smallest absolute Gasteiger partial charge is 0.269 e. The lowest BCUT2D eigenvalue weighted by Gasteiger charge is -2.22. The summed E-state index contributed by atoms with van der Waals surface area (Å²) in [4.78, 5) is 12.6. The lowest BCUT2D eigenvalue weighted by Crippen LogP contribution is -2.39. The average molecular weight is 430 g/mol. The van der Waals surface area contributed by atoms with E-state index < -0.39 is 0 Å². The van der Waals surface area contributed by atoms with Gasteiger partial charge in [-0.25, -0.2) is 4.39 Å². The molecule has 0 unspecified atom stereocenters. The normalized spacial score (nSPS) is 14.5. The molecular weight excluding hydrogens is 407 g/mol. The standard InChI is InChI=1S/C21H23FN4O5/c1-26-17(21(28)23-15-6-8-29-9-7-15)10-19(24-26)30-12-16-18(11-27)31-25-20(16)13-2-4-14(22)5-3-13/h2-5,10,15,27H,6-9,11-12H2,1H3,(H,23,28). The number of rotatable bonds is 7. The summed E-state index contributed by atoms with van der Waals surface area (Å²) in [5.41, 5.74) is 1.96. The van der Waals surface area contributed by atoms with Crippen molar-refractivity contribution < 1.29 is 28.3 Å². The summed E-state index contributed by atoms with van der Waals surface area (Å²) in [5, 5.41) is 20.8. The van der Waals surface area contributed by atoms with Crippen molar-refractivity contribution in [2.24, 2.45) is 7.05 Å². The number of aliphatic hydroxyl groups excluding tert-OH is 1. The Morgan fingerprint density at radius 3 is 2.77 bits per heavy atom. The Bertz CT molecular complexity index is 1040. The van der Waals surface area contributed by atoms with Gasteiger partial charge >= 0.3 is 0 Å². The molecule has 3 aromatic rings. The van der Waals surface area contributed by atoms with Gasteiger partial charge in [-0.1, -0.05) is 5.16 Å². The Labute approximate surface area is 177 Å². The van der Waals surface area contributed by atoms with Crippen LogP contribution in [0.2, 0.25) is 0 Å². The summed E-state index contributed by atoms with van der Waals surface area (Å²) >= 11 is 0. The first-order valence-electron chi connectivity index (χ1n) is 9.95. The van der Waals surface area contributed by atoms with E-state index in [9.17, 15) is 14.3 Å². The molecule has 2 aromatic heterocycles. The van der Waals surface area contributed by atoms with Gasteiger partial charge in [0, 0.05) is 37.9 Å². The molecule has 3 heterocycles. The minimum Gasteiger partial charge on any atom is -0.471 e. The summed E-state index contributed by atoms with van der Waals surface area (Å²) in [6.07, 6.45) is 1.55. The second kappa shape index (κ2) is 9.27. The van der Waals surface area contributed by atoms with Gasteiger partial charge in [-0.05, 0) is 37.1 Å². The number of aryl methyl sites for hydroxylation is 1. The van der Waals surface area contributed by atoms with E-state index in [1.807, 2.05) is 0 Å². The molecule has 1 saturated heterocycles. The number of benzene rings is 1. The number of nitrogens with zero attached hydrogens (tertiary/aromatic N) is 3. The van der Waals surface area contributed by atoms with Crippen LogP contribution in [0.4, 0.5) is 4.39 Å². The molecule has 4 rings (SSSR count). The van der Waals surface area contributed by atoms with E-state index in [-0.39, 0.29) is 42.6 Å². The van der Waals surface area contributed by atoms with Crippen LogP contribution in [0.3, 0.4) is 0 Å². The SMILES string of the molecule is Cn1nc(OCc2c(-c3ccc(F)cc3)noc2CO)cc1C(=O)NC1CCOCC1. The van der Waals surface area contributed by atoms with E-state index in [1.54, 1.807) is 25.2 Å². The maximum Gasteiger partial charge on any atom is 0.269 e. The van der Waals surface area contributed by atoms with Crippen molar-refractivity contribution in [2.75, 3.05) is 13.2 Å². The zero-order valence-corrected chi connectivity index (χ0v) is 17.0. The number of halogens is 1. The molecule has 1 amide bonds. The number of aromatic nitrogens is 3. The Kier molecular flexibility index (Phi) is 6.28. The summed E-state index contributed by atoms with van der Waals surface area (Å²) in [7, 11) is 1.66. The van der Waals surface area contributed by atoms with Gasteiger partial charge in [-0.2, -0.15) is 0 Å². The predicted octanol–water partition coefficient (Wildman–Crippen LogP) is 2.19. The van der Waals surface area contributed by atoms with E-state index in [0.717, 1.165) is 12.8 Å². The van der Waals surface area contributed by atoms with Gasteiger partial charge in [-0.3, -0.25) is 9.48 Å². The van der Waals surface area contributed by atoms with Gasteiger partial charge in [0.25, 0.3) is 5.91 Å². The van der Waals surface area contributed by atoms with Crippen LogP contribution < -0.4 is 10.1 Å². The molecule has 1 aromatic carbocycles. The lowest BCUT2D eigenvalue weighted by molar-refractivity contribution is 0.0692. The maximum absolute atomic E-state index is 13.2. The zero-order chi connectivity index (χ0) is 21.8. The molecule has 2 N–H and O–H groups in total. The van der Waals surface area contributed by atoms with E-state index >= 15 is 0 Å². The van der Waals surface area contributed by atoms with Crippen LogP contribution >= 0.6 is 0 Å². The molecule has 164 valence electrons. The quantitative estimate of drug-likeness (QED) is 0.591. The van der Waals surface area contributed by atoms with Gasteiger partial charge in [0.2, 0.25) is 5.88 Å². The van der Waals surface area contributed by atoms with Gasteiger partial charge in [0.15, 0.2) is 5.76 Å². The third kappa shape index (κ3) is 4.75. The number of carbonyl (C=O) groups excluding carboxylic acids is 1. The first-order chi connectivity index (χ1) is 15.0. The third-order valence-electron chi connectivity index (χ3n) is 5.14. The zero-order valence-electron chi connectivity index (χ0n) is 17.0. The van der Waals surface area contributed by atoms with Crippen molar-refractivity contribution >= 4 is 5.91 Å². The monoisotopic (exact) mass is 430 g/mol. The highest BCUT2D eigenvalue weighted by molar-refractivity contribution is 5.93. The summed E-state index contributed by atoms with van der Waals surface area (Å²) in [6, 6.07) is 7.39. The molecule has 1 fully saturated rings. The van der Waals surface area contributed by atoms with Crippen LogP contribution in [0.5, 0.6) is 5.88 Å². The first-order valence-corrected chi connectivity index (χ1v) is 9.95. The molecule has 0 saturated carbocycles. The fraction of sp³-hybridized carbons (Fsp3) is 0.381. The Balaban J connectivity index is 1.47. The first kappa shape index (κ1) is 21.0. The van der Waals surface area contributed by atoms with Gasteiger partial charge in [0.05, 0.1) is 5.56 Å². The van der Waals surface area contributed by atoms with E-state index in [1.165, 1.54) is 16.8 Å². The fourth-order valence-corrected chi connectivity index (χ4v) is 3.42. The number of hydrogen-bond acceptors (Lipinski definition) is 7. The summed E-state index contributed by atoms with van der Waals surface area (Å²) in [6.45, 7) is 0.901. The highest BCUT2D eigenvalue weighted by Crippen LogP contribution is 2.27. The second-order valence-electron chi connectivity index (χ2n) is 7.24. The van der Waals surface area contributed by atoms with E-state index in [4.69, 9.17) is 14.0 Å². The lowest BCUT2D eigenvalue weighted by atomic mass is 10.1. The minimum absolute atomic E-state index is 0.00411. The maximum atomic E-state index is 13.2. The minimum atomic E-state index is -0.368. The molecule has 0 spiro atoms. The van der Waals surface area contributed by atoms with Crippen molar-refractivity contribution in [3.63, 3.8) is 0 Å². The molecule has 10 heteroatoms. The molecule has 0 bridgehead atoms. The molecule has 1 aliphatic heterocycles. The predicted molar refractivity (Wildman–Crippen MR) is 107 cm³/mol. The topological polar surface area (TPSA) is 112 Å². The van der Waals surface area contributed by atoms with Crippen LogP contribution in [0, 0.1) is 5.82 Å². The molecular formula is C21H23FN4O5. The van der Waals surface area contributed by atoms with Crippen LogP contribution in [0.25, 0.3) is 11.3 Å². The summed E-state index contributed by atoms with van der Waals surface area (Å²) < 4.78 is 31.0. The number of hydrogen-bond donors (Lipinski definition) is 2. The Morgan fingerprint density at radius 1 is 1.32 bits per heavy atom. The van der Waals surface area contributed by atoms with Gasteiger partial charge in [0.1, 0.15) is 30.4 Å². The molecule has 9 nitrogen and oxygen atoms in total. The van der Waals surface area contributed by atoms with Crippen molar-refractivity contribution in [2.45, 2.75) is 32.1 Å². The average Bonchev–Trinajstić information content (AvgIpc) is 3.36. The van der Waals surface area contributed by atoms with E-state index in [0.29, 0.717) is 35.7 Å². The van der Waals surface area contributed by atoms with Gasteiger partial charge < -0.3 is 24.4 Å². The molecule has 0 radical (unpaired) electrons. The van der Waals surface area contributed by atoms with Crippen LogP contribution in [0.15, 0.2) is 34.9 Å². The highest BCUT2D eigenvalue weighted by Gasteiger charge is 2.22.